The van der Waals surface area contributed by atoms with Crippen molar-refractivity contribution in [3.8, 4) is 11.4 Å². The van der Waals surface area contributed by atoms with E-state index in [1.54, 1.807) is 12.4 Å². The summed E-state index contributed by atoms with van der Waals surface area (Å²) in [6, 6.07) is 15.0. The molecule has 0 radical (unpaired) electrons. The molecule has 28 heavy (non-hydrogen) atoms. The van der Waals surface area contributed by atoms with E-state index in [1.807, 2.05) is 12.1 Å². The van der Waals surface area contributed by atoms with Gasteiger partial charge in [0.15, 0.2) is 0 Å². The summed E-state index contributed by atoms with van der Waals surface area (Å²) < 4.78 is 5.65. The van der Waals surface area contributed by atoms with Crippen molar-refractivity contribution in [2.45, 2.75) is 24.9 Å². The maximum Gasteiger partial charge on any atom is 0.244 e. The van der Waals surface area contributed by atoms with E-state index in [2.05, 4.69) is 61.2 Å². The summed E-state index contributed by atoms with van der Waals surface area (Å²) in [7, 11) is 0. The number of benzene rings is 1. The number of nitrogens with zero attached hydrogens (tertiary/aromatic N) is 4. The third kappa shape index (κ3) is 3.44. The average Bonchev–Trinajstić information content (AvgIpc) is 3.50. The van der Waals surface area contributed by atoms with Crippen LogP contribution in [-0.4, -0.2) is 39.7 Å². The maximum absolute atomic E-state index is 5.65. The Bertz CT molecular complexity index is 900. The van der Waals surface area contributed by atoms with Crippen molar-refractivity contribution in [2.24, 2.45) is 5.92 Å². The summed E-state index contributed by atoms with van der Waals surface area (Å²) in [5, 5.41) is 4.19. The first-order valence-electron chi connectivity index (χ1n) is 9.90. The van der Waals surface area contributed by atoms with Gasteiger partial charge in [-0.15, -0.1) is 0 Å². The zero-order valence-corrected chi connectivity index (χ0v) is 15.7. The van der Waals surface area contributed by atoms with Crippen LogP contribution in [0.2, 0.25) is 0 Å². The molecule has 2 saturated heterocycles. The first-order valence-corrected chi connectivity index (χ1v) is 9.90. The number of hydrogen-bond donors (Lipinski definition) is 2. The molecule has 0 saturated carbocycles. The molecule has 3 unspecified atom stereocenters. The molecule has 5 rings (SSSR count). The Morgan fingerprint density at radius 3 is 2.82 bits per heavy atom. The molecule has 7 nitrogen and oxygen atoms in total. The summed E-state index contributed by atoms with van der Waals surface area (Å²) in [6.45, 7) is 3.02. The minimum Gasteiger partial charge on any atom is -0.337 e. The van der Waals surface area contributed by atoms with Gasteiger partial charge in [-0.05, 0) is 37.1 Å². The Morgan fingerprint density at radius 1 is 1.11 bits per heavy atom. The topological polar surface area (TPSA) is 79.1 Å². The van der Waals surface area contributed by atoms with E-state index < -0.39 is 0 Å². The molecule has 3 atom stereocenters. The fourth-order valence-corrected chi connectivity index (χ4v) is 4.34. The lowest BCUT2D eigenvalue weighted by atomic mass is 9.94. The quantitative estimate of drug-likeness (QED) is 0.709. The van der Waals surface area contributed by atoms with Crippen LogP contribution in [0.1, 0.15) is 36.4 Å². The molecular formula is C21H24N6O. The summed E-state index contributed by atoms with van der Waals surface area (Å²) >= 11 is 0. The van der Waals surface area contributed by atoms with E-state index >= 15 is 0 Å². The van der Waals surface area contributed by atoms with Gasteiger partial charge in [-0.25, -0.2) is 5.43 Å². The number of likely N-dealkylation sites (tertiary alicyclic amines) is 1. The van der Waals surface area contributed by atoms with E-state index in [0.717, 1.165) is 43.9 Å². The van der Waals surface area contributed by atoms with Crippen LogP contribution in [-0.2, 0) is 0 Å². The molecule has 4 heterocycles. The van der Waals surface area contributed by atoms with Crippen LogP contribution in [0.25, 0.3) is 11.4 Å². The fourth-order valence-electron chi connectivity index (χ4n) is 4.34. The van der Waals surface area contributed by atoms with Crippen molar-refractivity contribution < 1.29 is 4.52 Å². The molecule has 2 fully saturated rings. The summed E-state index contributed by atoms with van der Waals surface area (Å²) in [5.41, 5.74) is 9.04. The van der Waals surface area contributed by atoms with Crippen molar-refractivity contribution in [1.82, 2.24) is 30.9 Å². The van der Waals surface area contributed by atoms with E-state index in [1.165, 1.54) is 5.56 Å². The number of nitrogens with one attached hydrogen (secondary N) is 2. The van der Waals surface area contributed by atoms with Crippen molar-refractivity contribution in [1.29, 1.82) is 0 Å². The molecule has 144 valence electrons. The monoisotopic (exact) mass is 376 g/mol. The van der Waals surface area contributed by atoms with Crippen LogP contribution in [0, 0.1) is 5.92 Å². The number of aromatic nitrogens is 3. The molecule has 0 spiro atoms. The van der Waals surface area contributed by atoms with Crippen molar-refractivity contribution >= 4 is 0 Å². The van der Waals surface area contributed by atoms with Crippen LogP contribution in [0.4, 0.5) is 0 Å². The molecule has 3 aromatic rings. The molecule has 0 bridgehead atoms. The van der Waals surface area contributed by atoms with Gasteiger partial charge in [-0.1, -0.05) is 35.5 Å². The van der Waals surface area contributed by atoms with Crippen molar-refractivity contribution in [2.75, 3.05) is 19.6 Å². The first-order chi connectivity index (χ1) is 13.9. The molecule has 2 aliphatic rings. The summed E-state index contributed by atoms with van der Waals surface area (Å²) in [5.74, 6) is 1.85. The van der Waals surface area contributed by atoms with Gasteiger partial charge in [0.2, 0.25) is 11.7 Å². The van der Waals surface area contributed by atoms with Crippen LogP contribution in [0.5, 0.6) is 0 Å². The van der Waals surface area contributed by atoms with Crippen LogP contribution >= 0.6 is 0 Å². The molecule has 2 aliphatic heterocycles. The lowest BCUT2D eigenvalue weighted by Crippen LogP contribution is -2.33. The van der Waals surface area contributed by atoms with Gasteiger partial charge in [0.1, 0.15) is 0 Å². The highest BCUT2D eigenvalue weighted by molar-refractivity contribution is 5.52. The zero-order valence-electron chi connectivity index (χ0n) is 15.7. The van der Waals surface area contributed by atoms with Gasteiger partial charge in [0.05, 0.1) is 12.1 Å². The maximum atomic E-state index is 5.65. The largest absolute Gasteiger partial charge is 0.337 e. The standard InChI is InChI=1S/C21H24N6O/c1-2-5-15(6-3-1)19-17(13-23-25-19)14-27-12-4-7-18(27)21-24-20(26-28-21)16-8-10-22-11-9-16/h1-3,5-6,8-11,17-19,23,25H,4,7,12-14H2. The minimum absolute atomic E-state index is 0.195. The van der Waals surface area contributed by atoms with Gasteiger partial charge >= 0.3 is 0 Å². The Hall–Kier alpha value is -2.61. The second kappa shape index (κ2) is 7.79. The normalized spacial score (nSPS) is 25.4. The van der Waals surface area contributed by atoms with E-state index in [9.17, 15) is 0 Å². The minimum atomic E-state index is 0.195. The van der Waals surface area contributed by atoms with Gasteiger partial charge < -0.3 is 4.52 Å². The van der Waals surface area contributed by atoms with Crippen LogP contribution < -0.4 is 10.9 Å². The third-order valence-corrected chi connectivity index (χ3v) is 5.75. The van der Waals surface area contributed by atoms with Crippen LogP contribution in [0.15, 0.2) is 59.4 Å². The predicted molar refractivity (Wildman–Crippen MR) is 105 cm³/mol. The first kappa shape index (κ1) is 17.5. The second-order valence-electron chi connectivity index (χ2n) is 7.52. The van der Waals surface area contributed by atoms with Gasteiger partial charge in [-0.3, -0.25) is 15.3 Å². The van der Waals surface area contributed by atoms with Gasteiger partial charge in [0, 0.05) is 37.0 Å². The Morgan fingerprint density at radius 2 is 1.96 bits per heavy atom. The van der Waals surface area contributed by atoms with Crippen molar-refractivity contribution in [3.63, 3.8) is 0 Å². The highest BCUT2D eigenvalue weighted by Gasteiger charge is 2.36. The second-order valence-corrected chi connectivity index (χ2v) is 7.52. The number of pyridine rings is 1. The molecule has 1 aromatic carbocycles. The highest BCUT2D eigenvalue weighted by Crippen LogP contribution is 2.35. The lowest BCUT2D eigenvalue weighted by molar-refractivity contribution is 0.178. The number of rotatable bonds is 5. The lowest BCUT2D eigenvalue weighted by Gasteiger charge is -2.27. The third-order valence-electron chi connectivity index (χ3n) is 5.75. The zero-order chi connectivity index (χ0) is 18.8. The van der Waals surface area contributed by atoms with E-state index in [4.69, 9.17) is 4.52 Å². The Balaban J connectivity index is 1.31. The highest BCUT2D eigenvalue weighted by atomic mass is 16.5. The average molecular weight is 376 g/mol. The Labute approximate surface area is 164 Å². The molecule has 2 aromatic heterocycles. The molecular weight excluding hydrogens is 352 g/mol. The Kier molecular flexibility index (Phi) is 4.86. The molecule has 2 N–H and O–H groups in total. The van der Waals surface area contributed by atoms with Crippen molar-refractivity contribution in [3.05, 3.63) is 66.3 Å². The predicted octanol–water partition coefficient (Wildman–Crippen LogP) is 2.73. The fraction of sp³-hybridized carbons (Fsp3) is 0.381. The summed E-state index contributed by atoms with van der Waals surface area (Å²) in [6.07, 6.45) is 5.71. The van der Waals surface area contributed by atoms with E-state index in [-0.39, 0.29) is 6.04 Å². The molecule has 7 heteroatoms. The van der Waals surface area contributed by atoms with E-state index in [0.29, 0.717) is 17.8 Å². The van der Waals surface area contributed by atoms with Crippen LogP contribution in [0.3, 0.4) is 0 Å². The van der Waals surface area contributed by atoms with Gasteiger partial charge in [0.25, 0.3) is 0 Å². The summed E-state index contributed by atoms with van der Waals surface area (Å²) in [4.78, 5) is 11.2. The molecule has 0 amide bonds. The number of hydrogen-bond acceptors (Lipinski definition) is 7. The SMILES string of the molecule is c1ccc(C2NNCC2CN2CCCC2c2nc(-c3ccncc3)no2)cc1. The smallest absolute Gasteiger partial charge is 0.244 e. The number of hydrazine groups is 1. The van der Waals surface area contributed by atoms with Gasteiger partial charge in [-0.2, -0.15) is 4.98 Å². The molecule has 0 aliphatic carbocycles.